The fourth-order valence-electron chi connectivity index (χ4n) is 2.91. The van der Waals surface area contributed by atoms with Crippen molar-refractivity contribution in [1.82, 2.24) is 9.78 Å². The largest absolute Gasteiger partial charge is 0.323 e. The minimum Gasteiger partial charge on any atom is -0.307 e. The number of carbonyl (C=O) groups excluding carboxylic acids is 1. The summed E-state index contributed by atoms with van der Waals surface area (Å²) in [4.78, 5) is 12.3. The van der Waals surface area contributed by atoms with Crippen molar-refractivity contribution in [3.05, 3.63) is 90.5 Å². The van der Waals surface area contributed by atoms with E-state index in [4.69, 9.17) is 0 Å². The molecule has 0 aliphatic heterocycles. The molecule has 0 atom stereocenters. The van der Waals surface area contributed by atoms with Gasteiger partial charge in [0.15, 0.2) is 0 Å². The molecular formula is C21H17FN4O. The lowest BCUT2D eigenvalue weighted by atomic mass is 10.1. The molecule has 1 aromatic heterocycles. The van der Waals surface area contributed by atoms with Gasteiger partial charge in [0.05, 0.1) is 24.1 Å². The van der Waals surface area contributed by atoms with Crippen molar-refractivity contribution >= 4 is 28.2 Å². The van der Waals surface area contributed by atoms with Crippen molar-refractivity contribution < 1.29 is 9.18 Å². The highest BCUT2D eigenvalue weighted by molar-refractivity contribution is 6.06. The molecule has 134 valence electrons. The fraction of sp³-hybridized carbons (Fsp3) is 0.0476. The number of hydrogen-bond donors (Lipinski definition) is 2. The number of amides is 2. The molecule has 0 saturated carbocycles. The number of hydrogen-bond acceptors (Lipinski definition) is 2. The molecule has 4 aromatic rings. The molecule has 0 radical (unpaired) electrons. The number of anilines is 2. The van der Waals surface area contributed by atoms with Crippen LogP contribution >= 0.6 is 0 Å². The van der Waals surface area contributed by atoms with Crippen molar-refractivity contribution in [3.63, 3.8) is 0 Å². The summed E-state index contributed by atoms with van der Waals surface area (Å²) in [6, 6.07) is 19.5. The molecule has 2 amide bonds. The maximum atomic E-state index is 13.0. The highest BCUT2D eigenvalue weighted by Gasteiger charge is 2.07. The normalized spacial score (nSPS) is 10.7. The Morgan fingerprint density at radius 3 is 2.59 bits per heavy atom. The maximum Gasteiger partial charge on any atom is 0.323 e. The van der Waals surface area contributed by atoms with Gasteiger partial charge < -0.3 is 10.6 Å². The number of carbonyl (C=O) groups is 1. The van der Waals surface area contributed by atoms with E-state index in [2.05, 4.69) is 15.7 Å². The van der Waals surface area contributed by atoms with Gasteiger partial charge in [-0.3, -0.25) is 4.68 Å². The molecule has 0 aliphatic carbocycles. The SMILES string of the molecule is O=C(Nc1cnn(Cc2ccc(F)cc2)c1)Nc1cccc2ccccc12. The number of nitrogens with zero attached hydrogens (tertiary/aromatic N) is 2. The van der Waals surface area contributed by atoms with Gasteiger partial charge in [0.1, 0.15) is 5.82 Å². The van der Waals surface area contributed by atoms with Crippen LogP contribution in [0.3, 0.4) is 0 Å². The van der Waals surface area contributed by atoms with Crippen LogP contribution in [0.25, 0.3) is 10.8 Å². The molecule has 0 unspecified atom stereocenters. The van der Waals surface area contributed by atoms with Crippen molar-refractivity contribution in [2.75, 3.05) is 10.6 Å². The monoisotopic (exact) mass is 360 g/mol. The predicted octanol–water partition coefficient (Wildman–Crippen LogP) is 4.87. The molecule has 27 heavy (non-hydrogen) atoms. The number of rotatable bonds is 4. The molecule has 4 rings (SSSR count). The van der Waals surface area contributed by atoms with Crippen molar-refractivity contribution in [1.29, 1.82) is 0 Å². The van der Waals surface area contributed by atoms with Gasteiger partial charge in [0.25, 0.3) is 0 Å². The molecule has 0 bridgehead atoms. The van der Waals surface area contributed by atoms with E-state index in [-0.39, 0.29) is 11.8 Å². The Hall–Kier alpha value is -3.67. The lowest BCUT2D eigenvalue weighted by molar-refractivity contribution is 0.262. The number of halogens is 1. The average Bonchev–Trinajstić information content (AvgIpc) is 3.10. The van der Waals surface area contributed by atoms with E-state index in [0.29, 0.717) is 12.2 Å². The lowest BCUT2D eigenvalue weighted by Crippen LogP contribution is -2.19. The van der Waals surface area contributed by atoms with E-state index >= 15 is 0 Å². The number of nitrogens with one attached hydrogen (secondary N) is 2. The minimum atomic E-state index is -0.340. The summed E-state index contributed by atoms with van der Waals surface area (Å²) in [6.45, 7) is 0.493. The van der Waals surface area contributed by atoms with Gasteiger partial charge in [-0.2, -0.15) is 5.10 Å². The van der Waals surface area contributed by atoms with Gasteiger partial charge in [-0.25, -0.2) is 9.18 Å². The maximum absolute atomic E-state index is 13.0. The smallest absolute Gasteiger partial charge is 0.307 e. The van der Waals surface area contributed by atoms with Crippen LogP contribution in [0, 0.1) is 5.82 Å². The quantitative estimate of drug-likeness (QED) is 0.546. The number of urea groups is 1. The second-order valence-electron chi connectivity index (χ2n) is 6.16. The van der Waals surface area contributed by atoms with E-state index in [1.165, 1.54) is 12.1 Å². The predicted molar refractivity (Wildman–Crippen MR) is 104 cm³/mol. The van der Waals surface area contributed by atoms with Crippen LogP contribution in [-0.4, -0.2) is 15.8 Å². The number of aromatic nitrogens is 2. The fourth-order valence-corrected chi connectivity index (χ4v) is 2.91. The van der Waals surface area contributed by atoms with Crippen LogP contribution in [0.15, 0.2) is 79.1 Å². The number of fused-ring (bicyclic) bond motifs is 1. The highest BCUT2D eigenvalue weighted by atomic mass is 19.1. The van der Waals surface area contributed by atoms with Gasteiger partial charge in [0.2, 0.25) is 0 Å². The molecule has 0 fully saturated rings. The molecule has 0 aliphatic rings. The third-order valence-electron chi connectivity index (χ3n) is 4.19. The number of benzene rings is 3. The Bertz CT molecular complexity index is 1080. The Morgan fingerprint density at radius 2 is 1.74 bits per heavy atom. The first kappa shape index (κ1) is 16.8. The molecule has 6 heteroatoms. The molecular weight excluding hydrogens is 343 g/mol. The Labute approximate surface area is 155 Å². The third-order valence-corrected chi connectivity index (χ3v) is 4.19. The Morgan fingerprint density at radius 1 is 0.963 bits per heavy atom. The molecule has 0 saturated heterocycles. The molecule has 3 aromatic carbocycles. The topological polar surface area (TPSA) is 59.0 Å². The van der Waals surface area contributed by atoms with Crippen molar-refractivity contribution in [2.24, 2.45) is 0 Å². The van der Waals surface area contributed by atoms with E-state index in [1.807, 2.05) is 42.5 Å². The van der Waals surface area contributed by atoms with E-state index in [9.17, 15) is 9.18 Å². The average molecular weight is 360 g/mol. The van der Waals surface area contributed by atoms with Gasteiger partial charge in [0, 0.05) is 11.6 Å². The van der Waals surface area contributed by atoms with E-state index in [1.54, 1.807) is 29.2 Å². The summed E-state index contributed by atoms with van der Waals surface area (Å²) in [7, 11) is 0. The van der Waals surface area contributed by atoms with Gasteiger partial charge in [-0.1, -0.05) is 48.5 Å². The molecule has 0 spiro atoms. The second-order valence-corrected chi connectivity index (χ2v) is 6.16. The van der Waals surface area contributed by atoms with Gasteiger partial charge in [-0.05, 0) is 29.1 Å². The summed E-state index contributed by atoms with van der Waals surface area (Å²) in [5.74, 6) is -0.272. The van der Waals surface area contributed by atoms with Crippen LogP contribution in [0.1, 0.15) is 5.56 Å². The van der Waals surface area contributed by atoms with Crippen LogP contribution < -0.4 is 10.6 Å². The summed E-state index contributed by atoms with van der Waals surface area (Å²) in [6.07, 6.45) is 3.30. The summed E-state index contributed by atoms with van der Waals surface area (Å²) in [5.41, 5.74) is 2.24. The van der Waals surface area contributed by atoms with Gasteiger partial charge in [-0.15, -0.1) is 0 Å². The zero-order chi connectivity index (χ0) is 18.6. The summed E-state index contributed by atoms with van der Waals surface area (Å²) in [5, 5.41) is 11.9. The van der Waals surface area contributed by atoms with Gasteiger partial charge >= 0.3 is 6.03 Å². The first-order valence-corrected chi connectivity index (χ1v) is 8.50. The Kier molecular flexibility index (Phi) is 4.53. The second kappa shape index (κ2) is 7.29. The highest BCUT2D eigenvalue weighted by Crippen LogP contribution is 2.23. The summed E-state index contributed by atoms with van der Waals surface area (Å²) >= 11 is 0. The standard InChI is InChI=1S/C21H17FN4O/c22-17-10-8-15(9-11-17)13-26-14-18(12-23-26)24-21(27)25-20-7-3-5-16-4-1-2-6-19(16)20/h1-12,14H,13H2,(H2,24,25,27). The summed E-state index contributed by atoms with van der Waals surface area (Å²) < 4.78 is 14.7. The van der Waals surface area contributed by atoms with Crippen LogP contribution in [0.2, 0.25) is 0 Å². The first-order chi connectivity index (χ1) is 13.2. The third kappa shape index (κ3) is 3.95. The minimum absolute atomic E-state index is 0.272. The zero-order valence-electron chi connectivity index (χ0n) is 14.4. The van der Waals surface area contributed by atoms with Crippen LogP contribution in [0.4, 0.5) is 20.6 Å². The zero-order valence-corrected chi connectivity index (χ0v) is 14.4. The molecule has 2 N–H and O–H groups in total. The molecule has 1 heterocycles. The van der Waals surface area contributed by atoms with Crippen LogP contribution in [-0.2, 0) is 6.54 Å². The Balaban J connectivity index is 1.42. The van der Waals surface area contributed by atoms with E-state index < -0.39 is 0 Å². The van der Waals surface area contributed by atoms with Crippen LogP contribution in [0.5, 0.6) is 0 Å². The van der Waals surface area contributed by atoms with E-state index in [0.717, 1.165) is 22.0 Å². The van der Waals surface area contributed by atoms with Crippen molar-refractivity contribution in [2.45, 2.75) is 6.54 Å². The molecule has 5 nitrogen and oxygen atoms in total. The van der Waals surface area contributed by atoms with Crippen molar-refractivity contribution in [3.8, 4) is 0 Å². The first-order valence-electron chi connectivity index (χ1n) is 8.50. The lowest BCUT2D eigenvalue weighted by Gasteiger charge is -2.09.